The monoisotopic (exact) mass is 272 g/mol. The van der Waals surface area contributed by atoms with Crippen LogP contribution >= 0.6 is 0 Å². The summed E-state index contributed by atoms with van der Waals surface area (Å²) in [5, 5.41) is 2.49. The Labute approximate surface area is 123 Å². The normalized spacial score (nSPS) is 11.3. The van der Waals surface area contributed by atoms with Crippen LogP contribution in [-0.4, -0.2) is 9.55 Å². The third kappa shape index (κ3) is 2.00. The molecule has 0 unspecified atom stereocenters. The summed E-state index contributed by atoms with van der Waals surface area (Å²) in [6, 6.07) is 21.4. The first kappa shape index (κ1) is 12.2. The number of hydrogen-bond donors (Lipinski definition) is 0. The van der Waals surface area contributed by atoms with Gasteiger partial charge in [-0.1, -0.05) is 48.0 Å². The summed E-state index contributed by atoms with van der Waals surface area (Å²) in [4.78, 5) is 4.60. The zero-order valence-electron chi connectivity index (χ0n) is 12.0. The summed E-state index contributed by atoms with van der Waals surface area (Å²) in [7, 11) is 0. The van der Waals surface area contributed by atoms with Gasteiger partial charge in [0.25, 0.3) is 0 Å². The fourth-order valence-corrected chi connectivity index (χ4v) is 2.91. The number of rotatable bonds is 2. The van der Waals surface area contributed by atoms with Crippen molar-refractivity contribution in [2.24, 2.45) is 0 Å². The largest absolute Gasteiger partial charge is 0.321 e. The smallest absolute Gasteiger partial charge is 0.141 e. The number of benzene rings is 2. The Morgan fingerprint density at radius 1 is 0.857 bits per heavy atom. The van der Waals surface area contributed by atoms with Crippen molar-refractivity contribution < 1.29 is 0 Å². The number of para-hydroxylation sites is 1. The Kier molecular flexibility index (Phi) is 2.74. The topological polar surface area (TPSA) is 17.8 Å². The number of aromatic nitrogens is 2. The average molecular weight is 272 g/mol. The van der Waals surface area contributed by atoms with Crippen LogP contribution in [0.1, 0.15) is 11.1 Å². The molecule has 0 aliphatic rings. The van der Waals surface area contributed by atoms with E-state index in [1.54, 1.807) is 0 Å². The first-order valence-corrected chi connectivity index (χ1v) is 7.20. The molecule has 0 spiro atoms. The molecule has 0 saturated carbocycles. The molecule has 2 aromatic heterocycles. The Morgan fingerprint density at radius 3 is 2.48 bits per heavy atom. The summed E-state index contributed by atoms with van der Waals surface area (Å²) in [6.07, 6.45) is 1.87. The lowest BCUT2D eigenvalue weighted by atomic mass is 10.1. The fraction of sp³-hybridized carbons (Fsp3) is 0.105. The van der Waals surface area contributed by atoms with Gasteiger partial charge in [-0.05, 0) is 30.7 Å². The highest BCUT2D eigenvalue weighted by Crippen LogP contribution is 2.28. The van der Waals surface area contributed by atoms with Crippen molar-refractivity contribution in [2.75, 3.05) is 0 Å². The Balaban J connectivity index is 1.95. The SMILES string of the molecule is Cc1ccc(Cn2c3ccccc3c3cccnc32)cc1. The van der Waals surface area contributed by atoms with Gasteiger partial charge in [-0.2, -0.15) is 0 Å². The molecule has 0 aliphatic carbocycles. The van der Waals surface area contributed by atoms with Crippen LogP contribution in [0.4, 0.5) is 0 Å². The van der Waals surface area contributed by atoms with Gasteiger partial charge in [-0.15, -0.1) is 0 Å². The van der Waals surface area contributed by atoms with Crippen LogP contribution in [0.15, 0.2) is 66.9 Å². The van der Waals surface area contributed by atoms with E-state index in [0.717, 1.165) is 12.2 Å². The van der Waals surface area contributed by atoms with Crippen LogP contribution in [0.5, 0.6) is 0 Å². The summed E-state index contributed by atoms with van der Waals surface area (Å²) in [6.45, 7) is 2.97. The van der Waals surface area contributed by atoms with Crippen LogP contribution in [0.2, 0.25) is 0 Å². The lowest BCUT2D eigenvalue weighted by molar-refractivity contribution is 0.856. The molecule has 21 heavy (non-hydrogen) atoms. The van der Waals surface area contributed by atoms with Crippen molar-refractivity contribution >= 4 is 21.9 Å². The quantitative estimate of drug-likeness (QED) is 0.523. The van der Waals surface area contributed by atoms with Gasteiger partial charge in [0.1, 0.15) is 5.65 Å². The van der Waals surface area contributed by atoms with E-state index in [1.807, 2.05) is 12.3 Å². The second-order valence-electron chi connectivity index (χ2n) is 5.46. The molecule has 0 N–H and O–H groups in total. The van der Waals surface area contributed by atoms with Crippen LogP contribution in [-0.2, 0) is 6.54 Å². The molecule has 2 aromatic carbocycles. The van der Waals surface area contributed by atoms with Crippen molar-refractivity contribution in [2.45, 2.75) is 13.5 Å². The van der Waals surface area contributed by atoms with E-state index in [0.29, 0.717) is 0 Å². The lowest BCUT2D eigenvalue weighted by Gasteiger charge is -2.07. The minimum atomic E-state index is 0.849. The molecule has 2 heteroatoms. The molecule has 0 bridgehead atoms. The molecule has 0 aliphatic heterocycles. The van der Waals surface area contributed by atoms with E-state index < -0.39 is 0 Å². The Hall–Kier alpha value is -2.61. The highest BCUT2D eigenvalue weighted by Gasteiger charge is 2.10. The number of nitrogens with zero attached hydrogens (tertiary/aromatic N) is 2. The molecule has 2 nitrogen and oxygen atoms in total. The van der Waals surface area contributed by atoms with Gasteiger partial charge in [0, 0.05) is 23.5 Å². The minimum Gasteiger partial charge on any atom is -0.321 e. The van der Waals surface area contributed by atoms with Crippen molar-refractivity contribution in [3.8, 4) is 0 Å². The fourth-order valence-electron chi connectivity index (χ4n) is 2.91. The standard InChI is InChI=1S/C19H16N2/c1-14-8-10-15(11-9-14)13-21-18-7-3-2-5-16(18)17-6-4-12-20-19(17)21/h2-12H,13H2,1H3. The molecular formula is C19H16N2. The van der Waals surface area contributed by atoms with E-state index >= 15 is 0 Å². The molecule has 0 radical (unpaired) electrons. The van der Waals surface area contributed by atoms with Crippen LogP contribution in [0.25, 0.3) is 21.9 Å². The number of pyridine rings is 1. The summed E-state index contributed by atoms with van der Waals surface area (Å²) in [5.74, 6) is 0. The van der Waals surface area contributed by atoms with Gasteiger partial charge < -0.3 is 4.57 Å². The maximum Gasteiger partial charge on any atom is 0.141 e. The third-order valence-corrected chi connectivity index (χ3v) is 3.99. The summed E-state index contributed by atoms with van der Waals surface area (Å²) in [5.41, 5.74) is 4.89. The Bertz CT molecular complexity index is 864. The molecule has 0 atom stereocenters. The molecule has 4 rings (SSSR count). The first-order valence-electron chi connectivity index (χ1n) is 7.20. The maximum absolute atomic E-state index is 4.60. The molecule has 4 aromatic rings. The second-order valence-corrected chi connectivity index (χ2v) is 5.46. The number of fused-ring (bicyclic) bond motifs is 3. The second kappa shape index (κ2) is 4.74. The van der Waals surface area contributed by atoms with Gasteiger partial charge in [0.15, 0.2) is 0 Å². The highest BCUT2D eigenvalue weighted by molar-refractivity contribution is 6.06. The van der Waals surface area contributed by atoms with Crippen molar-refractivity contribution in [1.29, 1.82) is 0 Å². The summed E-state index contributed by atoms with van der Waals surface area (Å²) >= 11 is 0. The number of aryl methyl sites for hydroxylation is 1. The zero-order valence-corrected chi connectivity index (χ0v) is 12.0. The first-order chi connectivity index (χ1) is 10.3. The Morgan fingerprint density at radius 2 is 1.62 bits per heavy atom. The van der Waals surface area contributed by atoms with Crippen molar-refractivity contribution in [3.63, 3.8) is 0 Å². The summed E-state index contributed by atoms with van der Waals surface area (Å²) < 4.78 is 2.30. The lowest BCUT2D eigenvalue weighted by Crippen LogP contribution is -2.00. The molecule has 0 fully saturated rings. The van der Waals surface area contributed by atoms with Crippen LogP contribution < -0.4 is 0 Å². The molecular weight excluding hydrogens is 256 g/mol. The predicted molar refractivity (Wildman–Crippen MR) is 87.5 cm³/mol. The average Bonchev–Trinajstić information content (AvgIpc) is 2.85. The van der Waals surface area contributed by atoms with Gasteiger partial charge in [-0.25, -0.2) is 4.98 Å². The van der Waals surface area contributed by atoms with E-state index in [2.05, 4.69) is 71.1 Å². The van der Waals surface area contributed by atoms with Crippen LogP contribution in [0.3, 0.4) is 0 Å². The molecule has 0 saturated heterocycles. The van der Waals surface area contributed by atoms with Crippen molar-refractivity contribution in [3.05, 3.63) is 78.0 Å². The maximum atomic E-state index is 4.60. The van der Waals surface area contributed by atoms with Crippen molar-refractivity contribution in [1.82, 2.24) is 9.55 Å². The van der Waals surface area contributed by atoms with E-state index in [4.69, 9.17) is 0 Å². The predicted octanol–water partition coefficient (Wildman–Crippen LogP) is 4.55. The highest BCUT2D eigenvalue weighted by atomic mass is 15.0. The molecule has 0 amide bonds. The number of hydrogen-bond acceptors (Lipinski definition) is 1. The zero-order chi connectivity index (χ0) is 14.2. The van der Waals surface area contributed by atoms with E-state index in [-0.39, 0.29) is 0 Å². The van der Waals surface area contributed by atoms with Crippen LogP contribution in [0, 0.1) is 6.92 Å². The van der Waals surface area contributed by atoms with E-state index in [9.17, 15) is 0 Å². The third-order valence-electron chi connectivity index (χ3n) is 3.99. The van der Waals surface area contributed by atoms with Gasteiger partial charge in [-0.3, -0.25) is 0 Å². The molecule has 102 valence electrons. The van der Waals surface area contributed by atoms with Gasteiger partial charge in [0.05, 0.1) is 5.52 Å². The molecule has 2 heterocycles. The van der Waals surface area contributed by atoms with Gasteiger partial charge >= 0.3 is 0 Å². The van der Waals surface area contributed by atoms with E-state index in [1.165, 1.54) is 27.4 Å². The van der Waals surface area contributed by atoms with Gasteiger partial charge in [0.2, 0.25) is 0 Å². The minimum absolute atomic E-state index is 0.849.